The van der Waals surface area contributed by atoms with Gasteiger partial charge < -0.3 is 9.53 Å². The van der Waals surface area contributed by atoms with Gasteiger partial charge in [0.15, 0.2) is 0 Å². The van der Waals surface area contributed by atoms with Crippen molar-refractivity contribution in [1.82, 2.24) is 9.97 Å². The fourth-order valence-electron chi connectivity index (χ4n) is 1.60. The van der Waals surface area contributed by atoms with Crippen LogP contribution in [0.3, 0.4) is 0 Å². The molecule has 0 N–H and O–H groups in total. The number of hydrogen-bond acceptors (Lipinski definition) is 4. The average Bonchev–Trinajstić information content (AvgIpc) is 2.28. The lowest BCUT2D eigenvalue weighted by Gasteiger charge is -2.21. The maximum Gasteiger partial charge on any atom is 0.237 e. The highest BCUT2D eigenvalue weighted by Gasteiger charge is 2.17. The first-order valence-electron chi connectivity index (χ1n) is 5.88. The summed E-state index contributed by atoms with van der Waals surface area (Å²) in [6, 6.07) is 7.54. The quantitative estimate of drug-likeness (QED) is 0.778. The van der Waals surface area contributed by atoms with Gasteiger partial charge in [-0.05, 0) is 32.9 Å². The Morgan fingerprint density at radius 3 is 2.33 bits per heavy atom. The number of carbonyl (C=O) groups is 1. The van der Waals surface area contributed by atoms with E-state index in [2.05, 4.69) is 9.97 Å². The van der Waals surface area contributed by atoms with Crippen LogP contribution < -0.4 is 4.74 Å². The van der Waals surface area contributed by atoms with Crippen LogP contribution in [0.25, 0.3) is 11.0 Å². The molecule has 1 aromatic heterocycles. The zero-order chi connectivity index (χ0) is 13.2. The maximum absolute atomic E-state index is 10.7. The third-order valence-electron chi connectivity index (χ3n) is 2.29. The van der Waals surface area contributed by atoms with Crippen molar-refractivity contribution >= 4 is 17.3 Å². The van der Waals surface area contributed by atoms with Gasteiger partial charge in [0.2, 0.25) is 5.88 Å². The van der Waals surface area contributed by atoms with Gasteiger partial charge in [-0.3, -0.25) is 0 Å². The monoisotopic (exact) mass is 244 g/mol. The predicted molar refractivity (Wildman–Crippen MR) is 69.7 cm³/mol. The van der Waals surface area contributed by atoms with Gasteiger partial charge in [0.25, 0.3) is 0 Å². The molecule has 0 aliphatic carbocycles. The van der Waals surface area contributed by atoms with Crippen molar-refractivity contribution in [3.63, 3.8) is 0 Å². The Morgan fingerprint density at radius 2 is 1.78 bits per heavy atom. The fourth-order valence-corrected chi connectivity index (χ4v) is 1.60. The van der Waals surface area contributed by atoms with Gasteiger partial charge in [-0.2, -0.15) is 0 Å². The van der Waals surface area contributed by atoms with E-state index in [0.29, 0.717) is 11.6 Å². The molecule has 0 radical (unpaired) electrons. The van der Waals surface area contributed by atoms with E-state index in [9.17, 15) is 4.79 Å². The second-order valence-electron chi connectivity index (χ2n) is 5.05. The predicted octanol–water partition coefficient (Wildman–Crippen LogP) is 2.55. The molecule has 4 nitrogen and oxygen atoms in total. The first kappa shape index (κ1) is 12.5. The Labute approximate surface area is 106 Å². The standard InChI is InChI=1S/C14H16N2O2/c1-14(2,3)18-13-12(8-9-17)15-10-6-4-5-7-11(10)16-13/h4-7,9H,8H2,1-3H3. The molecule has 1 heterocycles. The summed E-state index contributed by atoms with van der Waals surface area (Å²) in [7, 11) is 0. The first-order chi connectivity index (χ1) is 8.49. The summed E-state index contributed by atoms with van der Waals surface area (Å²) in [5, 5.41) is 0. The van der Waals surface area contributed by atoms with Crippen molar-refractivity contribution in [3.05, 3.63) is 30.0 Å². The second-order valence-corrected chi connectivity index (χ2v) is 5.05. The number of ether oxygens (including phenoxy) is 1. The number of benzene rings is 1. The third-order valence-corrected chi connectivity index (χ3v) is 2.29. The minimum atomic E-state index is -0.366. The molecule has 0 fully saturated rings. The first-order valence-corrected chi connectivity index (χ1v) is 5.88. The van der Waals surface area contributed by atoms with E-state index in [-0.39, 0.29) is 12.0 Å². The molecule has 0 aliphatic rings. The Morgan fingerprint density at radius 1 is 1.17 bits per heavy atom. The van der Waals surface area contributed by atoms with Crippen molar-refractivity contribution < 1.29 is 9.53 Å². The van der Waals surface area contributed by atoms with Crippen LogP contribution in [0.4, 0.5) is 0 Å². The summed E-state index contributed by atoms with van der Waals surface area (Å²) in [6.45, 7) is 5.82. The Bertz CT molecular complexity index is 574. The highest BCUT2D eigenvalue weighted by molar-refractivity contribution is 5.75. The van der Waals surface area contributed by atoms with Crippen LogP contribution in [0.15, 0.2) is 24.3 Å². The molecule has 0 amide bonds. The molecule has 0 unspecified atom stereocenters. The van der Waals surface area contributed by atoms with E-state index in [4.69, 9.17) is 4.74 Å². The summed E-state index contributed by atoms with van der Waals surface area (Å²) >= 11 is 0. The van der Waals surface area contributed by atoms with Crippen LogP contribution in [0.2, 0.25) is 0 Å². The van der Waals surface area contributed by atoms with Crippen LogP contribution in [0.5, 0.6) is 5.88 Å². The van der Waals surface area contributed by atoms with E-state index >= 15 is 0 Å². The second kappa shape index (κ2) is 4.72. The van der Waals surface area contributed by atoms with Crippen molar-refractivity contribution in [2.75, 3.05) is 0 Å². The Kier molecular flexibility index (Phi) is 3.28. The molecular formula is C14H16N2O2. The summed E-state index contributed by atoms with van der Waals surface area (Å²) < 4.78 is 5.76. The van der Waals surface area contributed by atoms with Gasteiger partial charge in [-0.25, -0.2) is 9.97 Å². The SMILES string of the molecule is CC(C)(C)Oc1nc2ccccc2nc1CC=O. The molecule has 0 spiro atoms. The van der Waals surface area contributed by atoms with E-state index < -0.39 is 0 Å². The minimum Gasteiger partial charge on any atom is -0.471 e. The molecule has 18 heavy (non-hydrogen) atoms. The molecule has 0 atom stereocenters. The molecular weight excluding hydrogens is 228 g/mol. The number of carbonyl (C=O) groups excluding carboxylic acids is 1. The zero-order valence-corrected chi connectivity index (χ0v) is 10.8. The third kappa shape index (κ3) is 2.83. The summed E-state index contributed by atoms with van der Waals surface area (Å²) in [5.41, 5.74) is 1.76. The Hall–Kier alpha value is -1.97. The minimum absolute atomic E-state index is 0.212. The van der Waals surface area contributed by atoms with Crippen LogP contribution in [-0.4, -0.2) is 21.9 Å². The fraction of sp³-hybridized carbons (Fsp3) is 0.357. The number of para-hydroxylation sites is 2. The molecule has 0 saturated heterocycles. The lowest BCUT2D eigenvalue weighted by molar-refractivity contribution is -0.107. The number of aromatic nitrogens is 2. The lowest BCUT2D eigenvalue weighted by Crippen LogP contribution is -2.24. The molecule has 2 aromatic rings. The van der Waals surface area contributed by atoms with Gasteiger partial charge in [0.1, 0.15) is 17.6 Å². The van der Waals surface area contributed by atoms with Crippen molar-refractivity contribution in [1.29, 1.82) is 0 Å². The maximum atomic E-state index is 10.7. The number of aldehydes is 1. The van der Waals surface area contributed by atoms with E-state index in [1.807, 2.05) is 45.0 Å². The molecule has 0 aliphatic heterocycles. The summed E-state index contributed by atoms with van der Waals surface area (Å²) in [5.74, 6) is 0.438. The van der Waals surface area contributed by atoms with E-state index in [1.54, 1.807) is 0 Å². The normalized spacial score (nSPS) is 11.5. The average molecular weight is 244 g/mol. The van der Waals surface area contributed by atoms with Gasteiger partial charge in [-0.15, -0.1) is 0 Å². The van der Waals surface area contributed by atoms with Crippen LogP contribution in [0.1, 0.15) is 26.5 Å². The topological polar surface area (TPSA) is 52.1 Å². The van der Waals surface area contributed by atoms with Crippen LogP contribution in [0, 0.1) is 0 Å². The van der Waals surface area contributed by atoms with Crippen molar-refractivity contribution in [2.45, 2.75) is 32.8 Å². The smallest absolute Gasteiger partial charge is 0.237 e. The largest absolute Gasteiger partial charge is 0.471 e. The Balaban J connectivity index is 2.53. The van der Waals surface area contributed by atoms with Crippen molar-refractivity contribution in [3.8, 4) is 5.88 Å². The highest BCUT2D eigenvalue weighted by atomic mass is 16.5. The number of rotatable bonds is 3. The highest BCUT2D eigenvalue weighted by Crippen LogP contribution is 2.22. The lowest BCUT2D eigenvalue weighted by atomic mass is 10.2. The van der Waals surface area contributed by atoms with Gasteiger partial charge in [0, 0.05) is 0 Å². The summed E-state index contributed by atoms with van der Waals surface area (Å²) in [6.07, 6.45) is 1.03. The van der Waals surface area contributed by atoms with Crippen molar-refractivity contribution in [2.24, 2.45) is 0 Å². The molecule has 4 heteroatoms. The van der Waals surface area contributed by atoms with Crippen LogP contribution >= 0.6 is 0 Å². The van der Waals surface area contributed by atoms with Crippen LogP contribution in [-0.2, 0) is 11.2 Å². The van der Waals surface area contributed by atoms with Gasteiger partial charge >= 0.3 is 0 Å². The molecule has 0 bridgehead atoms. The number of fused-ring (bicyclic) bond motifs is 1. The van der Waals surface area contributed by atoms with Gasteiger partial charge in [0.05, 0.1) is 17.5 Å². The molecule has 0 saturated carbocycles. The molecule has 1 aromatic carbocycles. The number of nitrogens with zero attached hydrogens (tertiary/aromatic N) is 2. The zero-order valence-electron chi connectivity index (χ0n) is 10.8. The van der Waals surface area contributed by atoms with E-state index in [0.717, 1.165) is 17.3 Å². The van der Waals surface area contributed by atoms with E-state index in [1.165, 1.54) is 0 Å². The number of hydrogen-bond donors (Lipinski definition) is 0. The summed E-state index contributed by atoms with van der Waals surface area (Å²) in [4.78, 5) is 19.6. The molecule has 2 rings (SSSR count). The van der Waals surface area contributed by atoms with Gasteiger partial charge in [-0.1, -0.05) is 12.1 Å². The molecule has 94 valence electrons.